The van der Waals surface area contributed by atoms with Gasteiger partial charge in [0.2, 0.25) is 0 Å². The van der Waals surface area contributed by atoms with Gasteiger partial charge in [0.05, 0.1) is 0 Å². The summed E-state index contributed by atoms with van der Waals surface area (Å²) in [5, 5.41) is 3.81. The molecule has 0 spiro atoms. The Hall–Kier alpha value is -1.12. The van der Waals surface area contributed by atoms with Crippen molar-refractivity contribution < 1.29 is 0 Å². The number of halogens is 1. The molecule has 110 valence electrons. The topological polar surface area (TPSA) is 12.0 Å². The smallest absolute Gasteiger partial charge is 0.0175 e. The highest BCUT2D eigenvalue weighted by atomic mass is 79.9. The summed E-state index contributed by atoms with van der Waals surface area (Å²) in [6.07, 6.45) is 4.72. The molecule has 2 unspecified atom stereocenters. The van der Waals surface area contributed by atoms with Gasteiger partial charge in [-0.15, -0.1) is 0 Å². The number of fused-ring (bicyclic) bond motifs is 1. The average Bonchev–Trinajstić information content (AvgIpc) is 2.49. The van der Waals surface area contributed by atoms with E-state index in [1.54, 1.807) is 0 Å². The molecule has 0 heterocycles. The maximum absolute atomic E-state index is 3.81. The van der Waals surface area contributed by atoms with Crippen molar-refractivity contribution in [1.29, 1.82) is 0 Å². The second kappa shape index (κ2) is 6.76. The Morgan fingerprint density at radius 1 is 1.10 bits per heavy atom. The summed E-state index contributed by atoms with van der Waals surface area (Å²) in [7, 11) is 0. The molecule has 2 aromatic carbocycles. The predicted molar refractivity (Wildman–Crippen MR) is 92.7 cm³/mol. The van der Waals surface area contributed by atoms with Crippen LogP contribution in [0.15, 0.2) is 53.0 Å². The SMILES string of the molecule is CC(Cc1ccc(Br)cc1)NC1CCc2ccccc2C1. The van der Waals surface area contributed by atoms with Crippen LogP contribution in [0.4, 0.5) is 0 Å². The number of hydrogen-bond donors (Lipinski definition) is 1. The van der Waals surface area contributed by atoms with Crippen molar-refractivity contribution in [2.45, 2.75) is 44.7 Å². The molecule has 0 fully saturated rings. The fraction of sp³-hybridized carbons (Fsp3) is 0.368. The summed E-state index contributed by atoms with van der Waals surface area (Å²) in [4.78, 5) is 0. The second-order valence-electron chi connectivity index (χ2n) is 6.11. The lowest BCUT2D eigenvalue weighted by Crippen LogP contribution is -2.41. The molecule has 1 N–H and O–H groups in total. The molecule has 1 aliphatic carbocycles. The summed E-state index contributed by atoms with van der Waals surface area (Å²) < 4.78 is 1.15. The molecule has 0 saturated carbocycles. The van der Waals surface area contributed by atoms with E-state index < -0.39 is 0 Å². The first-order valence-corrected chi connectivity index (χ1v) is 8.57. The van der Waals surface area contributed by atoms with Crippen LogP contribution >= 0.6 is 15.9 Å². The van der Waals surface area contributed by atoms with E-state index in [1.807, 2.05) is 0 Å². The van der Waals surface area contributed by atoms with Crippen molar-refractivity contribution >= 4 is 15.9 Å². The first kappa shape index (κ1) is 14.8. The van der Waals surface area contributed by atoms with Gasteiger partial charge in [-0.2, -0.15) is 0 Å². The van der Waals surface area contributed by atoms with Gasteiger partial charge in [-0.05, 0) is 61.4 Å². The Kier molecular flexibility index (Phi) is 4.77. The minimum atomic E-state index is 0.515. The van der Waals surface area contributed by atoms with Crippen LogP contribution in [0.3, 0.4) is 0 Å². The number of hydrogen-bond acceptors (Lipinski definition) is 1. The zero-order valence-electron chi connectivity index (χ0n) is 12.5. The number of rotatable bonds is 4. The first-order chi connectivity index (χ1) is 10.2. The average molecular weight is 344 g/mol. The molecular formula is C19H22BrN. The fourth-order valence-electron chi connectivity index (χ4n) is 3.28. The summed E-state index contributed by atoms with van der Waals surface area (Å²) in [5.41, 5.74) is 4.46. The standard InChI is InChI=1S/C19H22BrN/c1-14(12-15-6-9-18(20)10-7-15)21-19-11-8-16-4-2-3-5-17(16)13-19/h2-7,9-10,14,19,21H,8,11-13H2,1H3. The van der Waals surface area contributed by atoms with Crippen LogP contribution in [0.2, 0.25) is 0 Å². The highest BCUT2D eigenvalue weighted by Gasteiger charge is 2.19. The van der Waals surface area contributed by atoms with Gasteiger partial charge >= 0.3 is 0 Å². The van der Waals surface area contributed by atoms with Gasteiger partial charge in [0.25, 0.3) is 0 Å². The lowest BCUT2D eigenvalue weighted by Gasteiger charge is -2.28. The number of nitrogens with one attached hydrogen (secondary N) is 1. The minimum absolute atomic E-state index is 0.515. The molecule has 21 heavy (non-hydrogen) atoms. The minimum Gasteiger partial charge on any atom is -0.311 e. The highest BCUT2D eigenvalue weighted by Crippen LogP contribution is 2.21. The van der Waals surface area contributed by atoms with Crippen LogP contribution in [-0.2, 0) is 19.3 Å². The maximum Gasteiger partial charge on any atom is 0.0175 e. The van der Waals surface area contributed by atoms with Gasteiger partial charge in [-0.3, -0.25) is 0 Å². The van der Waals surface area contributed by atoms with E-state index in [4.69, 9.17) is 0 Å². The van der Waals surface area contributed by atoms with E-state index in [1.165, 1.54) is 36.0 Å². The van der Waals surface area contributed by atoms with Crippen LogP contribution in [0, 0.1) is 0 Å². The van der Waals surface area contributed by atoms with Gasteiger partial charge in [-0.25, -0.2) is 0 Å². The quantitative estimate of drug-likeness (QED) is 0.859. The Balaban J connectivity index is 1.56. The van der Waals surface area contributed by atoms with Crippen LogP contribution in [0.5, 0.6) is 0 Å². The van der Waals surface area contributed by atoms with Crippen LogP contribution < -0.4 is 5.32 Å². The Morgan fingerprint density at radius 3 is 2.57 bits per heavy atom. The van der Waals surface area contributed by atoms with Gasteiger partial charge in [-0.1, -0.05) is 52.3 Å². The largest absolute Gasteiger partial charge is 0.311 e. The third-order valence-corrected chi connectivity index (χ3v) is 4.85. The van der Waals surface area contributed by atoms with E-state index >= 15 is 0 Å². The van der Waals surface area contributed by atoms with Crippen molar-refractivity contribution in [2.24, 2.45) is 0 Å². The van der Waals surface area contributed by atoms with Crippen LogP contribution in [-0.4, -0.2) is 12.1 Å². The molecule has 0 bridgehead atoms. The summed E-state index contributed by atoms with van der Waals surface area (Å²) in [6, 6.07) is 18.7. The molecule has 2 aromatic rings. The zero-order chi connectivity index (χ0) is 14.7. The van der Waals surface area contributed by atoms with Crippen molar-refractivity contribution in [1.82, 2.24) is 5.32 Å². The van der Waals surface area contributed by atoms with E-state index in [2.05, 4.69) is 76.7 Å². The van der Waals surface area contributed by atoms with Gasteiger partial charge in [0.1, 0.15) is 0 Å². The molecule has 0 radical (unpaired) electrons. The molecule has 1 aliphatic rings. The molecule has 1 nitrogen and oxygen atoms in total. The second-order valence-corrected chi connectivity index (χ2v) is 7.02. The predicted octanol–water partition coefficient (Wildman–Crippen LogP) is 4.53. The molecule has 3 rings (SSSR count). The lowest BCUT2D eigenvalue weighted by molar-refractivity contribution is 0.405. The molecule has 0 aliphatic heterocycles. The number of benzene rings is 2. The third-order valence-electron chi connectivity index (χ3n) is 4.32. The monoisotopic (exact) mass is 343 g/mol. The molecular weight excluding hydrogens is 322 g/mol. The van der Waals surface area contributed by atoms with Crippen LogP contribution in [0.1, 0.15) is 30.0 Å². The molecule has 0 amide bonds. The first-order valence-electron chi connectivity index (χ1n) is 7.78. The Morgan fingerprint density at radius 2 is 1.81 bits per heavy atom. The Bertz CT molecular complexity index is 591. The lowest BCUT2D eigenvalue weighted by atomic mass is 9.88. The van der Waals surface area contributed by atoms with Gasteiger partial charge in [0, 0.05) is 16.6 Å². The van der Waals surface area contributed by atoms with Gasteiger partial charge < -0.3 is 5.32 Å². The van der Waals surface area contributed by atoms with E-state index in [9.17, 15) is 0 Å². The summed E-state index contributed by atoms with van der Waals surface area (Å²) in [5.74, 6) is 0. The van der Waals surface area contributed by atoms with E-state index in [0.717, 1.165) is 10.9 Å². The highest BCUT2D eigenvalue weighted by molar-refractivity contribution is 9.10. The zero-order valence-corrected chi connectivity index (χ0v) is 14.1. The third kappa shape index (κ3) is 3.96. The normalized spacial score (nSPS) is 19.0. The van der Waals surface area contributed by atoms with E-state index in [0.29, 0.717) is 12.1 Å². The fourth-order valence-corrected chi connectivity index (χ4v) is 3.54. The molecule has 2 heteroatoms. The van der Waals surface area contributed by atoms with Gasteiger partial charge in [0.15, 0.2) is 0 Å². The maximum atomic E-state index is 3.81. The van der Waals surface area contributed by atoms with E-state index in [-0.39, 0.29) is 0 Å². The molecule has 0 saturated heterocycles. The molecule has 0 aromatic heterocycles. The van der Waals surface area contributed by atoms with Crippen molar-refractivity contribution in [3.8, 4) is 0 Å². The van der Waals surface area contributed by atoms with Crippen LogP contribution in [0.25, 0.3) is 0 Å². The van der Waals surface area contributed by atoms with Crippen molar-refractivity contribution in [3.05, 3.63) is 69.7 Å². The molecule has 2 atom stereocenters. The van der Waals surface area contributed by atoms with Crippen molar-refractivity contribution in [3.63, 3.8) is 0 Å². The number of aryl methyl sites for hydroxylation is 1. The Labute approximate surface area is 135 Å². The summed E-state index contributed by atoms with van der Waals surface area (Å²) in [6.45, 7) is 2.29. The summed E-state index contributed by atoms with van der Waals surface area (Å²) >= 11 is 3.49. The van der Waals surface area contributed by atoms with Crippen molar-refractivity contribution in [2.75, 3.05) is 0 Å².